The standard InChI is InChI=1S/C42H70N6O8S4/c1-25-3-19-35-37(21-25)57-41(43-35)29-9-13-31(14-10-29)45-47(55-45)33-17-7-27(39(23-33)59(49,50)51)5-6-28-8-18-34(24-40(28)60(52,53)54)48-46(56-48)32-15-11-30(12-16-32)42-44-36-20-4-26(2)22-38(36)58-42/h5-6,25-44H,3-4,7-24H2,1-2H3,(H,49,50,51)(H,52,53,54). The molecule has 8 fully saturated rings. The van der Waals surface area contributed by atoms with Gasteiger partial charge in [-0.25, -0.2) is 0 Å². The molecule has 2 aliphatic heterocycles. The quantitative estimate of drug-likeness (QED) is 0.132. The van der Waals surface area contributed by atoms with Crippen molar-refractivity contribution in [3.63, 3.8) is 0 Å². The molecular weight excluding hydrogens is 845 g/mol. The summed E-state index contributed by atoms with van der Waals surface area (Å²) in [5.74, 6) is 2.06. The van der Waals surface area contributed by atoms with Gasteiger partial charge in [-0.05, 0) is 164 Å². The van der Waals surface area contributed by atoms with Crippen LogP contribution in [0.5, 0.6) is 0 Å². The number of thioether (sulfide) groups is 2. The second kappa shape index (κ2) is 17.1. The Hall–Kier alpha value is -1.02. The lowest BCUT2D eigenvalue weighted by Gasteiger charge is -2.33. The van der Waals surface area contributed by atoms with Crippen molar-refractivity contribution in [1.82, 2.24) is 30.1 Å². The summed E-state index contributed by atoms with van der Waals surface area (Å²) in [6.07, 6.45) is 23.2. The van der Waals surface area contributed by atoms with E-state index >= 15 is 0 Å². The van der Waals surface area contributed by atoms with Crippen LogP contribution in [0.25, 0.3) is 0 Å². The summed E-state index contributed by atoms with van der Waals surface area (Å²) in [6, 6.07) is 1.56. The summed E-state index contributed by atoms with van der Waals surface area (Å²) < 4.78 is 84.2. The number of nitrogens with one attached hydrogen (secondary N) is 2. The van der Waals surface area contributed by atoms with Gasteiger partial charge in [-0.1, -0.05) is 45.4 Å². The second-order valence-corrected chi connectivity index (χ2v) is 26.9. The molecule has 2 aromatic heterocycles. The maximum absolute atomic E-state index is 12.8. The largest absolute Gasteiger partial charge is 0.301 e. The Labute approximate surface area is 365 Å². The van der Waals surface area contributed by atoms with Gasteiger partial charge in [0.05, 0.1) is 45.4 Å². The molecule has 0 bridgehead atoms. The Bertz CT molecular complexity index is 1860. The monoisotopic (exact) mass is 914 g/mol. The van der Waals surface area contributed by atoms with Crippen LogP contribution in [0.4, 0.5) is 0 Å². The highest BCUT2D eigenvalue weighted by Crippen LogP contribution is 2.49. The van der Waals surface area contributed by atoms with Crippen molar-refractivity contribution in [3.05, 3.63) is 12.2 Å². The smallest absolute Gasteiger partial charge is 0.268 e. The zero-order valence-corrected chi connectivity index (χ0v) is 38.7. The summed E-state index contributed by atoms with van der Waals surface area (Å²) in [4.78, 5) is 7.60. The van der Waals surface area contributed by atoms with Gasteiger partial charge < -0.3 is 10.6 Å². The molecule has 4 N–H and O–H groups in total. The average molecular weight is 915 g/mol. The molecule has 0 radical (unpaired) electrons. The van der Waals surface area contributed by atoms with Crippen LogP contribution in [-0.2, 0) is 20.2 Å². The summed E-state index contributed by atoms with van der Waals surface area (Å²) in [5.41, 5.74) is 0. The van der Waals surface area contributed by atoms with E-state index in [4.69, 9.17) is 9.26 Å². The van der Waals surface area contributed by atoms with E-state index in [1.165, 1.54) is 38.5 Å². The SMILES string of the molecule is CC1CCC2NC(C3CCC(n4on4C4CCC(C=CC5CCC(n6on6C6CCC(C7NC8CCC(C)CC8S7)CC6)CC5S(=O)(=O)O)C(S(=O)(=O)O)C4)CC3)SC2C1. The second-order valence-electron chi connectivity index (χ2n) is 20.8. The molecule has 6 aliphatic carbocycles. The zero-order chi connectivity index (χ0) is 41.5. The van der Waals surface area contributed by atoms with Gasteiger partial charge in [-0.3, -0.25) is 18.4 Å². The van der Waals surface area contributed by atoms with Crippen LogP contribution in [0.2, 0.25) is 0 Å². The van der Waals surface area contributed by atoms with Gasteiger partial charge in [0.2, 0.25) is 0 Å². The highest BCUT2D eigenvalue weighted by Gasteiger charge is 2.47. The summed E-state index contributed by atoms with van der Waals surface area (Å²) in [6.45, 7) is 4.77. The van der Waals surface area contributed by atoms with Crippen molar-refractivity contribution in [2.24, 2.45) is 35.5 Å². The van der Waals surface area contributed by atoms with Gasteiger partial charge in [0.15, 0.2) is 0 Å². The van der Waals surface area contributed by atoms with E-state index in [-0.39, 0.29) is 37.0 Å². The first-order valence-electron chi connectivity index (χ1n) is 23.7. The highest BCUT2D eigenvalue weighted by atomic mass is 32.2. The first kappa shape index (κ1) is 42.9. The van der Waals surface area contributed by atoms with E-state index < -0.39 is 42.6 Å². The topological polar surface area (TPSA) is 179 Å². The molecule has 8 aliphatic rings. The van der Waals surface area contributed by atoms with Crippen molar-refractivity contribution >= 4 is 43.8 Å². The lowest BCUT2D eigenvalue weighted by molar-refractivity contribution is 0.219. The average Bonchev–Trinajstić information content (AvgIpc) is 4.12. The molecule has 4 heterocycles. The third-order valence-electron chi connectivity index (χ3n) is 16.8. The van der Waals surface area contributed by atoms with Gasteiger partial charge in [0.1, 0.15) is 0 Å². The molecule has 2 aromatic rings. The van der Waals surface area contributed by atoms with Crippen LogP contribution in [-0.4, -0.2) is 89.2 Å². The Morgan fingerprint density at radius 2 is 0.867 bits per heavy atom. The van der Waals surface area contributed by atoms with Crippen LogP contribution < -0.4 is 10.6 Å². The Kier molecular flexibility index (Phi) is 12.2. The number of hydrogen-bond acceptors (Lipinski definition) is 10. The summed E-state index contributed by atoms with van der Waals surface area (Å²) in [5, 5.41) is 8.50. The number of rotatable bonds is 10. The minimum absolute atomic E-state index is 0.158. The minimum atomic E-state index is -4.39. The van der Waals surface area contributed by atoms with E-state index in [0.29, 0.717) is 60.4 Å². The molecule has 0 aromatic carbocycles. The fourth-order valence-electron chi connectivity index (χ4n) is 13.1. The molecule has 0 amide bonds. The minimum Gasteiger partial charge on any atom is -0.301 e. The van der Waals surface area contributed by atoms with E-state index in [9.17, 15) is 25.9 Å². The number of hydrogen-bond donors (Lipinski definition) is 4. The van der Waals surface area contributed by atoms with E-state index in [1.54, 1.807) is 12.2 Å². The Balaban J connectivity index is 0.708. The third kappa shape index (κ3) is 9.11. The van der Waals surface area contributed by atoms with Crippen molar-refractivity contribution < 1.29 is 35.2 Å². The summed E-state index contributed by atoms with van der Waals surface area (Å²) in [7, 11) is -8.77. The molecule has 2 saturated heterocycles. The Morgan fingerprint density at radius 3 is 1.25 bits per heavy atom. The maximum Gasteiger partial charge on any atom is 0.268 e. The van der Waals surface area contributed by atoms with Crippen LogP contribution in [0.1, 0.15) is 166 Å². The molecular formula is C42H70N6O8S4. The van der Waals surface area contributed by atoms with Crippen molar-refractivity contribution in [2.45, 2.75) is 210 Å². The van der Waals surface area contributed by atoms with Crippen molar-refractivity contribution in [1.29, 1.82) is 0 Å². The fraction of sp³-hybridized carbons (Fsp3) is 0.952. The van der Waals surface area contributed by atoms with Crippen molar-refractivity contribution in [3.8, 4) is 0 Å². The maximum atomic E-state index is 12.8. The van der Waals surface area contributed by atoms with Crippen LogP contribution in [0.15, 0.2) is 21.4 Å². The van der Waals surface area contributed by atoms with Gasteiger partial charge in [0.25, 0.3) is 20.2 Å². The number of aromatic nitrogens is 4. The first-order chi connectivity index (χ1) is 28.7. The molecule has 6 saturated carbocycles. The molecule has 10 rings (SSSR count). The van der Waals surface area contributed by atoms with Gasteiger partial charge in [-0.2, -0.15) is 16.8 Å². The molecule has 60 heavy (non-hydrogen) atoms. The normalized spacial score (nSPS) is 45.9. The summed E-state index contributed by atoms with van der Waals surface area (Å²) >= 11 is 4.36. The Morgan fingerprint density at radius 1 is 0.500 bits per heavy atom. The van der Waals surface area contributed by atoms with Crippen LogP contribution >= 0.6 is 23.5 Å². The molecule has 14 nitrogen and oxygen atoms in total. The van der Waals surface area contributed by atoms with E-state index in [0.717, 1.165) is 73.7 Å². The lowest BCUT2D eigenvalue weighted by atomic mass is 9.82. The highest BCUT2D eigenvalue weighted by molar-refractivity contribution is 8.01. The molecule has 14 atom stereocenters. The van der Waals surface area contributed by atoms with Crippen LogP contribution in [0, 0.1) is 35.5 Å². The van der Waals surface area contributed by atoms with Gasteiger partial charge in [-0.15, -0.1) is 23.5 Å². The van der Waals surface area contributed by atoms with Crippen molar-refractivity contribution in [2.75, 3.05) is 0 Å². The predicted molar refractivity (Wildman–Crippen MR) is 234 cm³/mol. The predicted octanol–water partition coefficient (Wildman–Crippen LogP) is 8.43. The molecule has 18 heteroatoms. The number of fused-ring (bicyclic) bond motifs is 2. The first-order valence-corrected chi connectivity index (χ1v) is 28.6. The number of nitrogens with zero attached hydrogens (tertiary/aromatic N) is 4. The van der Waals surface area contributed by atoms with Gasteiger partial charge in [0, 0.05) is 22.6 Å². The van der Waals surface area contributed by atoms with Crippen LogP contribution in [0.3, 0.4) is 0 Å². The molecule has 340 valence electrons. The lowest BCUT2D eigenvalue weighted by Crippen LogP contribution is -2.40. The molecule has 14 unspecified atom stereocenters. The number of allylic oxidation sites excluding steroid dienone is 2. The third-order valence-corrected chi connectivity index (χ3v) is 22.8. The molecule has 0 spiro atoms. The van der Waals surface area contributed by atoms with E-state index in [1.807, 2.05) is 19.4 Å². The van der Waals surface area contributed by atoms with Gasteiger partial charge >= 0.3 is 0 Å². The zero-order valence-electron chi connectivity index (χ0n) is 35.5. The van der Waals surface area contributed by atoms with E-state index in [2.05, 4.69) is 48.0 Å². The fourth-order valence-corrected chi connectivity index (χ4v) is 19.3.